The summed E-state index contributed by atoms with van der Waals surface area (Å²) in [4.78, 5) is 0. The molecular weight excluding hydrogens is 804 g/mol. The van der Waals surface area contributed by atoms with Crippen LogP contribution in [0.3, 0.4) is 0 Å². The van der Waals surface area contributed by atoms with Crippen LogP contribution in [0.2, 0.25) is 0 Å². The molecule has 10 rings (SSSR count). The molecule has 0 unspecified atom stereocenters. The Hall–Kier alpha value is -4.88. The van der Waals surface area contributed by atoms with Crippen molar-refractivity contribution in [2.75, 3.05) is 0 Å². The Bertz CT molecular complexity index is 4010. The van der Waals surface area contributed by atoms with E-state index in [0.29, 0.717) is 0 Å². The lowest BCUT2D eigenvalue weighted by atomic mass is 9.55. The standard InChI is InChI=1S/C48H51B21/c49-28-22(24-25(36(57)46(67)45(66)35(24)56)26-27(28)38(59)48(69)47(68)37(26)58)23-21(33(54)43(64)44(65)34(23)55)16-19-17(29(50)39(60)41(62)31(19)52)15(18-20(16)32(53)42(63)40(61)30(18)51)14-9-10-5-1-2-6-11(10)12-7-3-4-8-13(12)14/h1-9H,49-69H2. The summed E-state index contributed by atoms with van der Waals surface area (Å²) in [6, 6.07) is 20.7. The molecule has 0 aliphatic carbocycles. The first-order valence-electron chi connectivity index (χ1n) is 25.5. The fourth-order valence-electron chi connectivity index (χ4n) is 13.5. The molecule has 0 fully saturated rings. The van der Waals surface area contributed by atoms with Crippen LogP contribution in [-0.2, 0) is 0 Å². The number of hydrogen-bond acceptors (Lipinski definition) is 0. The second-order valence-corrected chi connectivity index (χ2v) is 21.7. The van der Waals surface area contributed by atoms with Crippen LogP contribution in [0, 0.1) is 0 Å². The first-order chi connectivity index (χ1) is 32.6. The van der Waals surface area contributed by atoms with Gasteiger partial charge < -0.3 is 0 Å². The minimum atomic E-state index is 1.28. The van der Waals surface area contributed by atoms with E-state index in [0.717, 1.165) is 0 Å². The Balaban J connectivity index is 1.58. The lowest BCUT2D eigenvalue weighted by Gasteiger charge is -2.33. The van der Waals surface area contributed by atoms with Crippen LogP contribution in [0.15, 0.2) is 54.6 Å². The van der Waals surface area contributed by atoms with Gasteiger partial charge in [0.25, 0.3) is 0 Å². The highest BCUT2D eigenvalue weighted by molar-refractivity contribution is 6.76. The minimum Gasteiger partial charge on any atom is -0.101 e. The zero-order valence-electron chi connectivity index (χ0n) is 45.7. The molecule has 0 saturated heterocycles. The predicted octanol–water partition coefficient (Wildman–Crippen LogP) is -23.0. The van der Waals surface area contributed by atoms with E-state index < -0.39 is 0 Å². The number of benzene rings is 10. The Morgan fingerprint density at radius 3 is 0.913 bits per heavy atom. The molecule has 306 valence electrons. The molecule has 0 heterocycles. The molecule has 0 saturated carbocycles. The molecule has 0 nitrogen and oxygen atoms in total. The van der Waals surface area contributed by atoms with Crippen LogP contribution in [0.25, 0.3) is 98.0 Å². The van der Waals surface area contributed by atoms with Crippen molar-refractivity contribution in [1.82, 2.24) is 0 Å². The molecule has 0 bridgehead atoms. The van der Waals surface area contributed by atoms with Crippen LogP contribution in [0.5, 0.6) is 0 Å². The van der Waals surface area contributed by atoms with E-state index in [-0.39, 0.29) is 0 Å². The van der Waals surface area contributed by atoms with Gasteiger partial charge in [0.1, 0.15) is 165 Å². The normalized spacial score (nSPS) is 11.8. The lowest BCUT2D eigenvalue weighted by Crippen LogP contribution is -2.53. The summed E-state index contributed by atoms with van der Waals surface area (Å²) in [5, 5.41) is 16.5. The monoisotopic (exact) mass is 859 g/mol. The molecule has 10 aromatic rings. The van der Waals surface area contributed by atoms with E-state index in [9.17, 15) is 0 Å². The second-order valence-electron chi connectivity index (χ2n) is 21.7. The van der Waals surface area contributed by atoms with Crippen molar-refractivity contribution in [3.63, 3.8) is 0 Å². The molecule has 0 N–H and O–H groups in total. The molecule has 10 aromatic carbocycles. The van der Waals surface area contributed by atoms with Gasteiger partial charge in [-0.25, -0.2) is 0 Å². The highest BCUT2D eigenvalue weighted by Crippen LogP contribution is 2.46. The SMILES string of the molecule is Bc1c(B)c(B)c(-c2c(B)c3c(B)c(B)c(B)c(B)c3c3c(B)c(B)c(B)c(B)c23)c(-c2c3c(B)c(B)c(B)c(B)c3c(-c3cc4ccccc4c4ccccc34)c3c(B)c(B)c(B)c(B)c23)c1B. The lowest BCUT2D eigenvalue weighted by molar-refractivity contribution is 1.75. The molecule has 0 aliphatic rings. The third kappa shape index (κ3) is 6.32. The van der Waals surface area contributed by atoms with Crippen molar-refractivity contribution in [3.05, 3.63) is 54.6 Å². The van der Waals surface area contributed by atoms with Crippen molar-refractivity contribution in [2.24, 2.45) is 0 Å². The van der Waals surface area contributed by atoms with Crippen LogP contribution in [0.4, 0.5) is 0 Å². The van der Waals surface area contributed by atoms with E-state index in [1.54, 1.807) is 0 Å². The van der Waals surface area contributed by atoms with Gasteiger partial charge in [-0.1, -0.05) is 109 Å². The van der Waals surface area contributed by atoms with E-state index in [1.165, 1.54) is 213 Å². The molecule has 0 radical (unpaired) electrons. The predicted molar refractivity (Wildman–Crippen MR) is 380 cm³/mol. The number of fused-ring (bicyclic) bond motifs is 8. The van der Waals surface area contributed by atoms with Crippen LogP contribution in [0.1, 0.15) is 0 Å². The van der Waals surface area contributed by atoms with Gasteiger partial charge in [-0.3, -0.25) is 0 Å². The highest BCUT2D eigenvalue weighted by Gasteiger charge is 2.31. The summed E-state index contributed by atoms with van der Waals surface area (Å²) in [6.45, 7) is 0. The van der Waals surface area contributed by atoms with Gasteiger partial charge in [-0.2, -0.15) is 0 Å². The summed E-state index contributed by atoms with van der Waals surface area (Å²) >= 11 is 0. The van der Waals surface area contributed by atoms with E-state index in [4.69, 9.17) is 0 Å². The van der Waals surface area contributed by atoms with Crippen molar-refractivity contribution in [2.45, 2.75) is 0 Å². The highest BCUT2D eigenvalue weighted by atomic mass is 14.3. The Morgan fingerprint density at radius 2 is 0.478 bits per heavy atom. The summed E-state index contributed by atoms with van der Waals surface area (Å²) < 4.78 is 0. The quantitative estimate of drug-likeness (QED) is 0.0944. The molecular formula is C48H51B21. The van der Waals surface area contributed by atoms with E-state index in [1.807, 2.05) is 0 Å². The Kier molecular flexibility index (Phi) is 11.5. The smallest absolute Gasteiger partial charge is 0.101 e. The van der Waals surface area contributed by atoms with Gasteiger partial charge in [0.15, 0.2) is 0 Å². The Morgan fingerprint density at radius 1 is 0.188 bits per heavy atom. The maximum atomic E-state index is 2.52. The Labute approximate surface area is 429 Å². The fraction of sp³-hybridized carbons (Fsp3) is 0. The van der Waals surface area contributed by atoms with Gasteiger partial charge in [-0.15, -0.1) is 54.6 Å². The summed E-state index contributed by atoms with van der Waals surface area (Å²) in [5.74, 6) is 0. The zero-order valence-corrected chi connectivity index (χ0v) is 45.7. The first-order valence-corrected chi connectivity index (χ1v) is 25.5. The average Bonchev–Trinajstić information content (AvgIpc) is 3.35. The molecule has 21 heteroatoms. The van der Waals surface area contributed by atoms with Gasteiger partial charge >= 0.3 is 0 Å². The fourth-order valence-corrected chi connectivity index (χ4v) is 13.5. The van der Waals surface area contributed by atoms with E-state index >= 15 is 0 Å². The van der Waals surface area contributed by atoms with Gasteiger partial charge in [0, 0.05) is 0 Å². The minimum absolute atomic E-state index is 1.28. The topological polar surface area (TPSA) is 0 Å². The van der Waals surface area contributed by atoms with Gasteiger partial charge in [0.2, 0.25) is 0 Å². The molecule has 0 atom stereocenters. The largest absolute Gasteiger partial charge is 0.140 e. The number of rotatable bonds is 3. The van der Waals surface area contributed by atoms with Gasteiger partial charge in [-0.05, 0) is 104 Å². The maximum absolute atomic E-state index is 2.52. The third-order valence-corrected chi connectivity index (χ3v) is 19.2. The molecule has 69 heavy (non-hydrogen) atoms. The first kappa shape index (κ1) is 47.8. The van der Waals surface area contributed by atoms with Crippen molar-refractivity contribution < 1.29 is 0 Å². The molecule has 0 spiro atoms. The third-order valence-electron chi connectivity index (χ3n) is 19.2. The second kappa shape index (κ2) is 16.6. The summed E-state index contributed by atoms with van der Waals surface area (Å²) in [7, 11) is 50.3. The zero-order chi connectivity index (χ0) is 49.9. The maximum Gasteiger partial charge on any atom is 0.140 e. The van der Waals surface area contributed by atoms with Crippen molar-refractivity contribution in [3.8, 4) is 33.4 Å². The van der Waals surface area contributed by atoms with Crippen molar-refractivity contribution in [1.29, 1.82) is 0 Å². The molecule has 0 aliphatic heterocycles. The van der Waals surface area contributed by atoms with Crippen LogP contribution >= 0.6 is 0 Å². The van der Waals surface area contributed by atoms with E-state index in [2.05, 4.69) is 219 Å². The summed E-state index contributed by atoms with van der Waals surface area (Å²) in [5.41, 5.74) is 37.5. The summed E-state index contributed by atoms with van der Waals surface area (Å²) in [6.07, 6.45) is 0. The van der Waals surface area contributed by atoms with Gasteiger partial charge in [0.05, 0.1) is 0 Å². The van der Waals surface area contributed by atoms with Crippen LogP contribution < -0.4 is 115 Å². The van der Waals surface area contributed by atoms with Crippen molar-refractivity contribution >= 4 is 344 Å². The number of hydrogen-bond donors (Lipinski definition) is 0. The molecule has 0 amide bonds. The average molecular weight is 855 g/mol. The molecule has 0 aromatic heterocycles. The van der Waals surface area contributed by atoms with Crippen LogP contribution in [-0.4, -0.2) is 165 Å².